The average molecular weight is 246 g/mol. The minimum Gasteiger partial charge on any atom is -0.312 e. The van der Waals surface area contributed by atoms with Crippen LogP contribution in [0, 0.1) is 0 Å². The van der Waals surface area contributed by atoms with E-state index in [1.54, 1.807) is 0 Å². The Hall–Kier alpha value is -0.860. The molecule has 0 amide bonds. The average Bonchev–Trinajstić information content (AvgIpc) is 2.41. The summed E-state index contributed by atoms with van der Waals surface area (Å²) in [6.07, 6.45) is 4.08. The molecule has 2 heteroatoms. The van der Waals surface area contributed by atoms with Crippen LogP contribution in [0.5, 0.6) is 0 Å². The summed E-state index contributed by atoms with van der Waals surface area (Å²) in [5, 5.41) is 3.49. The third kappa shape index (κ3) is 2.93. The Bertz CT molecular complexity index is 349. The van der Waals surface area contributed by atoms with Gasteiger partial charge in [0.2, 0.25) is 0 Å². The zero-order chi connectivity index (χ0) is 13.0. The molecular formula is C16H26N2. The van der Waals surface area contributed by atoms with Gasteiger partial charge in [0.25, 0.3) is 0 Å². The van der Waals surface area contributed by atoms with Crippen LogP contribution < -0.4 is 5.32 Å². The van der Waals surface area contributed by atoms with Gasteiger partial charge in [-0.05, 0) is 45.8 Å². The van der Waals surface area contributed by atoms with E-state index in [1.807, 2.05) is 0 Å². The lowest BCUT2D eigenvalue weighted by molar-refractivity contribution is 0.0923. The number of hydrogen-bond acceptors (Lipinski definition) is 2. The standard InChI is InChI=1S/C16H26N2/c1-13-9-7-8-12-18(13)14(2)16(17-3)15-10-5-4-6-11-15/h4-6,10-11,13-14,16-17H,7-9,12H2,1-3H3. The van der Waals surface area contributed by atoms with Crippen LogP contribution in [0.2, 0.25) is 0 Å². The summed E-state index contributed by atoms with van der Waals surface area (Å²) in [6.45, 7) is 5.97. The van der Waals surface area contributed by atoms with Crippen LogP contribution in [-0.2, 0) is 0 Å². The highest BCUT2D eigenvalue weighted by atomic mass is 15.2. The molecule has 0 bridgehead atoms. The van der Waals surface area contributed by atoms with Crippen molar-refractivity contribution >= 4 is 0 Å². The molecule has 1 aromatic rings. The second-order valence-corrected chi connectivity index (χ2v) is 5.50. The second kappa shape index (κ2) is 6.35. The minimum absolute atomic E-state index is 0.423. The van der Waals surface area contributed by atoms with Gasteiger partial charge in [-0.25, -0.2) is 0 Å². The topological polar surface area (TPSA) is 15.3 Å². The van der Waals surface area contributed by atoms with E-state index in [0.717, 1.165) is 0 Å². The van der Waals surface area contributed by atoms with E-state index in [4.69, 9.17) is 0 Å². The Morgan fingerprint density at radius 2 is 1.94 bits per heavy atom. The molecule has 2 rings (SSSR count). The quantitative estimate of drug-likeness (QED) is 0.877. The number of rotatable bonds is 4. The highest BCUT2D eigenvalue weighted by molar-refractivity contribution is 5.20. The van der Waals surface area contributed by atoms with Crippen LogP contribution in [0.25, 0.3) is 0 Å². The summed E-state index contributed by atoms with van der Waals surface area (Å²) in [6, 6.07) is 12.5. The zero-order valence-corrected chi connectivity index (χ0v) is 11.9. The molecule has 1 aliphatic heterocycles. The fourth-order valence-electron chi connectivity index (χ4n) is 3.26. The Kier molecular flexibility index (Phi) is 4.79. The summed E-state index contributed by atoms with van der Waals surface area (Å²) in [4.78, 5) is 2.66. The number of likely N-dealkylation sites (N-methyl/N-ethyl adjacent to an activating group) is 1. The lowest BCUT2D eigenvalue weighted by Crippen LogP contribution is -2.48. The molecule has 1 saturated heterocycles. The van der Waals surface area contributed by atoms with Crippen LogP contribution in [0.3, 0.4) is 0 Å². The number of nitrogens with one attached hydrogen (secondary N) is 1. The van der Waals surface area contributed by atoms with Gasteiger partial charge >= 0.3 is 0 Å². The van der Waals surface area contributed by atoms with E-state index < -0.39 is 0 Å². The number of likely N-dealkylation sites (tertiary alicyclic amines) is 1. The lowest BCUT2D eigenvalue weighted by Gasteiger charge is -2.41. The number of nitrogens with zero attached hydrogens (tertiary/aromatic N) is 1. The Balaban J connectivity index is 2.12. The van der Waals surface area contributed by atoms with Crippen molar-refractivity contribution in [2.45, 2.75) is 51.2 Å². The molecule has 0 radical (unpaired) electrons. The Morgan fingerprint density at radius 1 is 1.22 bits per heavy atom. The molecule has 1 heterocycles. The molecule has 100 valence electrons. The normalized spacial score (nSPS) is 24.7. The summed E-state index contributed by atoms with van der Waals surface area (Å²) >= 11 is 0. The van der Waals surface area contributed by atoms with Gasteiger partial charge in [0.15, 0.2) is 0 Å². The van der Waals surface area contributed by atoms with Crippen molar-refractivity contribution in [3.05, 3.63) is 35.9 Å². The van der Waals surface area contributed by atoms with Gasteiger partial charge in [0, 0.05) is 18.1 Å². The van der Waals surface area contributed by atoms with Gasteiger partial charge in [-0.3, -0.25) is 4.90 Å². The van der Waals surface area contributed by atoms with Gasteiger partial charge in [-0.2, -0.15) is 0 Å². The fraction of sp³-hybridized carbons (Fsp3) is 0.625. The SMILES string of the molecule is CNC(c1ccccc1)C(C)N1CCCCC1C. The van der Waals surface area contributed by atoms with Gasteiger partial charge < -0.3 is 5.32 Å². The van der Waals surface area contributed by atoms with Crippen molar-refractivity contribution in [1.82, 2.24) is 10.2 Å². The number of piperidine rings is 1. The summed E-state index contributed by atoms with van der Waals surface area (Å²) in [7, 11) is 2.07. The van der Waals surface area contributed by atoms with E-state index in [9.17, 15) is 0 Å². The van der Waals surface area contributed by atoms with Crippen LogP contribution in [0.15, 0.2) is 30.3 Å². The van der Waals surface area contributed by atoms with Gasteiger partial charge in [0.1, 0.15) is 0 Å². The molecule has 3 unspecified atom stereocenters. The van der Waals surface area contributed by atoms with Crippen LogP contribution in [0.1, 0.15) is 44.7 Å². The molecule has 2 nitrogen and oxygen atoms in total. The maximum atomic E-state index is 3.49. The predicted octanol–water partition coefficient (Wildman–Crippen LogP) is 3.21. The lowest BCUT2D eigenvalue weighted by atomic mass is 9.94. The van der Waals surface area contributed by atoms with Gasteiger partial charge in [0.05, 0.1) is 0 Å². The van der Waals surface area contributed by atoms with E-state index in [2.05, 4.69) is 61.4 Å². The first-order valence-electron chi connectivity index (χ1n) is 7.22. The van der Waals surface area contributed by atoms with E-state index in [1.165, 1.54) is 31.4 Å². The van der Waals surface area contributed by atoms with Gasteiger partial charge in [-0.1, -0.05) is 36.8 Å². The summed E-state index contributed by atoms with van der Waals surface area (Å²) in [5.74, 6) is 0. The van der Waals surface area contributed by atoms with E-state index in [-0.39, 0.29) is 0 Å². The molecule has 1 fully saturated rings. The zero-order valence-electron chi connectivity index (χ0n) is 11.9. The second-order valence-electron chi connectivity index (χ2n) is 5.50. The molecule has 0 aromatic heterocycles. The van der Waals surface area contributed by atoms with E-state index >= 15 is 0 Å². The highest BCUT2D eigenvalue weighted by Gasteiger charge is 2.28. The van der Waals surface area contributed by atoms with Crippen LogP contribution in [-0.4, -0.2) is 30.6 Å². The first kappa shape index (κ1) is 13.6. The Labute approximate surface area is 111 Å². The van der Waals surface area contributed by atoms with Crippen LogP contribution in [0.4, 0.5) is 0 Å². The first-order chi connectivity index (χ1) is 8.74. The maximum absolute atomic E-state index is 3.49. The molecule has 0 aliphatic carbocycles. The third-order valence-corrected chi connectivity index (χ3v) is 4.33. The molecule has 1 aromatic carbocycles. The fourth-order valence-corrected chi connectivity index (χ4v) is 3.26. The highest BCUT2D eigenvalue weighted by Crippen LogP contribution is 2.26. The molecule has 0 spiro atoms. The third-order valence-electron chi connectivity index (χ3n) is 4.33. The molecule has 1 N–H and O–H groups in total. The molecular weight excluding hydrogens is 220 g/mol. The predicted molar refractivity (Wildman–Crippen MR) is 77.7 cm³/mol. The molecule has 3 atom stereocenters. The largest absolute Gasteiger partial charge is 0.312 e. The molecule has 18 heavy (non-hydrogen) atoms. The van der Waals surface area contributed by atoms with Crippen molar-refractivity contribution in [2.24, 2.45) is 0 Å². The molecule has 0 saturated carbocycles. The summed E-state index contributed by atoms with van der Waals surface area (Å²) < 4.78 is 0. The smallest absolute Gasteiger partial charge is 0.0473 e. The summed E-state index contributed by atoms with van der Waals surface area (Å²) in [5.41, 5.74) is 1.39. The van der Waals surface area contributed by atoms with Crippen molar-refractivity contribution in [2.75, 3.05) is 13.6 Å². The Morgan fingerprint density at radius 3 is 2.56 bits per heavy atom. The molecule has 1 aliphatic rings. The first-order valence-corrected chi connectivity index (χ1v) is 7.22. The van der Waals surface area contributed by atoms with Crippen molar-refractivity contribution in [1.29, 1.82) is 0 Å². The number of hydrogen-bond donors (Lipinski definition) is 1. The van der Waals surface area contributed by atoms with E-state index in [0.29, 0.717) is 18.1 Å². The van der Waals surface area contributed by atoms with Crippen molar-refractivity contribution < 1.29 is 0 Å². The van der Waals surface area contributed by atoms with Crippen molar-refractivity contribution in [3.63, 3.8) is 0 Å². The van der Waals surface area contributed by atoms with Crippen LogP contribution >= 0.6 is 0 Å². The monoisotopic (exact) mass is 246 g/mol. The number of benzene rings is 1. The van der Waals surface area contributed by atoms with Crippen molar-refractivity contribution in [3.8, 4) is 0 Å². The minimum atomic E-state index is 0.423. The maximum Gasteiger partial charge on any atom is 0.0473 e. The van der Waals surface area contributed by atoms with Gasteiger partial charge in [-0.15, -0.1) is 0 Å².